The molecule has 0 unspecified atom stereocenters. The maximum atomic E-state index is 12.7. The monoisotopic (exact) mass is 405 g/mol. The van der Waals surface area contributed by atoms with Gasteiger partial charge in [-0.3, -0.25) is 4.79 Å². The van der Waals surface area contributed by atoms with E-state index in [4.69, 9.17) is 9.47 Å². The molecule has 2 aliphatic rings. The lowest BCUT2D eigenvalue weighted by Crippen LogP contribution is -2.36. The van der Waals surface area contributed by atoms with Gasteiger partial charge in [0.15, 0.2) is 6.61 Å². The van der Waals surface area contributed by atoms with Gasteiger partial charge in [-0.15, -0.1) is 0 Å². The summed E-state index contributed by atoms with van der Waals surface area (Å²) in [5.74, 6) is 0.182. The predicted octanol–water partition coefficient (Wildman–Crippen LogP) is 4.85. The van der Waals surface area contributed by atoms with Gasteiger partial charge >= 0.3 is 5.97 Å². The van der Waals surface area contributed by atoms with Crippen LogP contribution in [0.15, 0.2) is 54.2 Å². The van der Waals surface area contributed by atoms with Gasteiger partial charge in [0.1, 0.15) is 5.75 Å². The first-order chi connectivity index (χ1) is 14.6. The van der Waals surface area contributed by atoms with Crippen LogP contribution in [0, 0.1) is 0 Å². The number of hydrogen-bond acceptors (Lipinski definition) is 4. The van der Waals surface area contributed by atoms with Crippen molar-refractivity contribution in [2.75, 3.05) is 13.7 Å². The van der Waals surface area contributed by atoms with Crippen molar-refractivity contribution < 1.29 is 19.1 Å². The van der Waals surface area contributed by atoms with Crippen LogP contribution in [0.2, 0.25) is 0 Å². The van der Waals surface area contributed by atoms with Crippen molar-refractivity contribution in [3.63, 3.8) is 0 Å². The molecule has 0 spiro atoms. The molecule has 0 saturated heterocycles. The molecular formula is C25H27NO4. The van der Waals surface area contributed by atoms with E-state index >= 15 is 0 Å². The van der Waals surface area contributed by atoms with E-state index in [0.717, 1.165) is 59.9 Å². The Morgan fingerprint density at radius 3 is 2.63 bits per heavy atom. The molecule has 2 aromatic rings. The van der Waals surface area contributed by atoms with Gasteiger partial charge in [-0.1, -0.05) is 24.3 Å². The van der Waals surface area contributed by atoms with Crippen LogP contribution < -0.4 is 4.74 Å². The van der Waals surface area contributed by atoms with Crippen molar-refractivity contribution in [3.8, 4) is 5.75 Å². The second kappa shape index (κ2) is 9.16. The summed E-state index contributed by atoms with van der Waals surface area (Å²) in [4.78, 5) is 26.7. The molecule has 0 aromatic heterocycles. The Balaban J connectivity index is 1.34. The van der Waals surface area contributed by atoms with Crippen LogP contribution in [0.5, 0.6) is 5.75 Å². The molecule has 5 nitrogen and oxygen atoms in total. The predicted molar refractivity (Wildman–Crippen MR) is 117 cm³/mol. The number of fused-ring (bicyclic) bond motifs is 1. The number of allylic oxidation sites excluding steroid dienone is 2. The molecule has 4 rings (SSSR count). The van der Waals surface area contributed by atoms with Crippen LogP contribution in [-0.4, -0.2) is 36.5 Å². The van der Waals surface area contributed by atoms with Crippen LogP contribution in [0.3, 0.4) is 0 Å². The number of carbonyl (C=O) groups excluding carboxylic acids is 2. The Hall–Kier alpha value is -3.08. The fourth-order valence-corrected chi connectivity index (χ4v) is 3.86. The molecule has 0 aliphatic heterocycles. The van der Waals surface area contributed by atoms with Gasteiger partial charge in [-0.05, 0) is 79.1 Å². The molecule has 0 heterocycles. The van der Waals surface area contributed by atoms with Gasteiger partial charge in [-0.25, -0.2) is 4.79 Å². The number of benzene rings is 2. The second-order valence-electron chi connectivity index (χ2n) is 7.85. The molecule has 1 amide bonds. The Morgan fingerprint density at radius 2 is 1.90 bits per heavy atom. The van der Waals surface area contributed by atoms with E-state index in [2.05, 4.69) is 6.08 Å². The molecular weight excluding hydrogens is 378 g/mol. The first kappa shape index (κ1) is 20.2. The van der Waals surface area contributed by atoms with Crippen LogP contribution in [0.1, 0.15) is 44.1 Å². The smallest absolute Gasteiger partial charge is 0.331 e. The Morgan fingerprint density at radius 1 is 1.10 bits per heavy atom. The third kappa shape index (κ3) is 4.90. The van der Waals surface area contributed by atoms with Crippen LogP contribution in [0.4, 0.5) is 0 Å². The molecule has 5 heteroatoms. The summed E-state index contributed by atoms with van der Waals surface area (Å²) in [5, 5.41) is 2.12. The first-order valence-corrected chi connectivity index (χ1v) is 10.6. The van der Waals surface area contributed by atoms with Gasteiger partial charge in [0, 0.05) is 17.8 Å². The van der Waals surface area contributed by atoms with Gasteiger partial charge in [0.25, 0.3) is 5.91 Å². The van der Waals surface area contributed by atoms with E-state index in [1.165, 1.54) is 12.5 Å². The lowest BCUT2D eigenvalue weighted by atomic mass is 10.0. The van der Waals surface area contributed by atoms with Crippen molar-refractivity contribution in [2.24, 2.45) is 0 Å². The van der Waals surface area contributed by atoms with Gasteiger partial charge in [0.2, 0.25) is 0 Å². The number of rotatable bonds is 7. The van der Waals surface area contributed by atoms with Crippen molar-refractivity contribution in [1.82, 2.24) is 4.90 Å². The second-order valence-corrected chi connectivity index (χ2v) is 7.85. The summed E-state index contributed by atoms with van der Waals surface area (Å²) in [6, 6.07) is 12.0. The zero-order valence-electron chi connectivity index (χ0n) is 17.3. The molecule has 30 heavy (non-hydrogen) atoms. The lowest BCUT2D eigenvalue weighted by molar-refractivity contribution is -0.147. The van der Waals surface area contributed by atoms with E-state index < -0.39 is 5.97 Å². The van der Waals surface area contributed by atoms with Crippen LogP contribution in [-0.2, 0) is 14.3 Å². The zero-order valence-corrected chi connectivity index (χ0v) is 17.3. The molecule has 1 saturated carbocycles. The van der Waals surface area contributed by atoms with Gasteiger partial charge < -0.3 is 14.4 Å². The SMILES string of the molecule is COc1ccc2cc(/C=C/C(=O)OCC(=O)N(C3=CCCCC3)C3CC3)ccc2c1. The highest BCUT2D eigenvalue weighted by atomic mass is 16.5. The summed E-state index contributed by atoms with van der Waals surface area (Å²) in [7, 11) is 1.64. The van der Waals surface area contributed by atoms with E-state index in [1.54, 1.807) is 13.2 Å². The number of ether oxygens (including phenoxy) is 2. The van der Waals surface area contributed by atoms with E-state index in [0.29, 0.717) is 0 Å². The number of esters is 1. The normalized spacial score (nSPS) is 16.4. The summed E-state index contributed by atoms with van der Waals surface area (Å²) in [5.41, 5.74) is 2.00. The van der Waals surface area contributed by atoms with E-state index in [9.17, 15) is 9.59 Å². The summed E-state index contributed by atoms with van der Waals surface area (Å²) in [6.45, 7) is -0.214. The van der Waals surface area contributed by atoms with Crippen molar-refractivity contribution in [3.05, 3.63) is 59.8 Å². The third-order valence-corrected chi connectivity index (χ3v) is 5.58. The van der Waals surface area contributed by atoms with Gasteiger partial charge in [-0.2, -0.15) is 0 Å². The van der Waals surface area contributed by atoms with E-state index in [1.807, 2.05) is 41.3 Å². The molecule has 0 bridgehead atoms. The van der Waals surface area contributed by atoms with Crippen LogP contribution in [0.25, 0.3) is 16.8 Å². The highest BCUT2D eigenvalue weighted by Gasteiger charge is 2.35. The lowest BCUT2D eigenvalue weighted by Gasteiger charge is -2.27. The Kier molecular flexibility index (Phi) is 6.17. The maximum Gasteiger partial charge on any atom is 0.331 e. The number of methoxy groups -OCH3 is 1. The van der Waals surface area contributed by atoms with Crippen molar-refractivity contribution >= 4 is 28.7 Å². The molecule has 0 radical (unpaired) electrons. The molecule has 1 fully saturated rings. The standard InChI is InChI=1S/C25H27NO4/c1-29-23-13-10-19-15-18(7-9-20(19)16-23)8-14-25(28)30-17-24(27)26(22-11-12-22)21-5-3-2-4-6-21/h5,7-10,13-16,22H,2-4,6,11-12,17H2,1H3/b14-8+. The van der Waals surface area contributed by atoms with E-state index in [-0.39, 0.29) is 18.6 Å². The highest BCUT2D eigenvalue weighted by Crippen LogP contribution is 2.33. The fraction of sp³-hybridized carbons (Fsp3) is 0.360. The summed E-state index contributed by atoms with van der Waals surface area (Å²) < 4.78 is 10.5. The number of amides is 1. The minimum Gasteiger partial charge on any atom is -0.497 e. The average molecular weight is 405 g/mol. The Bertz CT molecular complexity index is 1000. The molecule has 2 aromatic carbocycles. The number of nitrogens with zero attached hydrogens (tertiary/aromatic N) is 1. The minimum atomic E-state index is -0.508. The molecule has 156 valence electrons. The zero-order chi connectivity index (χ0) is 20.9. The average Bonchev–Trinajstić information content (AvgIpc) is 3.61. The highest BCUT2D eigenvalue weighted by molar-refractivity contribution is 5.91. The van der Waals surface area contributed by atoms with Crippen LogP contribution >= 0.6 is 0 Å². The van der Waals surface area contributed by atoms with Gasteiger partial charge in [0.05, 0.1) is 7.11 Å². The quantitative estimate of drug-likeness (QED) is 0.488. The van der Waals surface area contributed by atoms with Crippen molar-refractivity contribution in [1.29, 1.82) is 0 Å². The van der Waals surface area contributed by atoms with Crippen molar-refractivity contribution in [2.45, 2.75) is 44.6 Å². The number of carbonyl (C=O) groups is 2. The molecule has 0 atom stereocenters. The molecule has 2 aliphatic carbocycles. The maximum absolute atomic E-state index is 12.7. The fourth-order valence-electron chi connectivity index (χ4n) is 3.86. The third-order valence-electron chi connectivity index (χ3n) is 5.58. The largest absolute Gasteiger partial charge is 0.497 e. The Labute approximate surface area is 177 Å². The topological polar surface area (TPSA) is 55.8 Å². The number of hydrogen-bond donors (Lipinski definition) is 0. The summed E-state index contributed by atoms with van der Waals surface area (Å²) >= 11 is 0. The molecule has 0 N–H and O–H groups in total. The summed E-state index contributed by atoms with van der Waals surface area (Å²) in [6.07, 6.45) is 11.6. The first-order valence-electron chi connectivity index (χ1n) is 10.6. The minimum absolute atomic E-state index is 0.118.